The summed E-state index contributed by atoms with van der Waals surface area (Å²) < 4.78 is 0. The standard InChI is InChI=1S/C14H20N2O4/c1-14(13(15)20)6-7-16(8-14)11(17)9-4-2-3-5-10(9)12(18)19/h2-3,9-10H,4-8H2,1H3,(H2,15,20)(H,18,19)/t9-,10+,14?/m1/s1. The smallest absolute Gasteiger partial charge is 0.307 e. The lowest BCUT2D eigenvalue weighted by molar-refractivity contribution is -0.150. The first-order valence-corrected chi connectivity index (χ1v) is 6.81. The average molecular weight is 280 g/mol. The van der Waals surface area contributed by atoms with Crippen LogP contribution < -0.4 is 5.73 Å². The van der Waals surface area contributed by atoms with Crippen molar-refractivity contribution < 1.29 is 19.5 Å². The van der Waals surface area contributed by atoms with Crippen molar-refractivity contribution in [1.29, 1.82) is 0 Å². The molecule has 1 aliphatic carbocycles. The van der Waals surface area contributed by atoms with E-state index < -0.39 is 29.1 Å². The number of nitrogens with two attached hydrogens (primary N) is 1. The molecule has 0 aromatic rings. The maximum absolute atomic E-state index is 12.5. The lowest BCUT2D eigenvalue weighted by Crippen LogP contribution is -2.43. The monoisotopic (exact) mass is 280 g/mol. The summed E-state index contributed by atoms with van der Waals surface area (Å²) in [5.41, 5.74) is 4.67. The highest BCUT2D eigenvalue weighted by atomic mass is 16.4. The van der Waals surface area contributed by atoms with Crippen LogP contribution in [0.3, 0.4) is 0 Å². The van der Waals surface area contributed by atoms with Gasteiger partial charge in [-0.05, 0) is 26.2 Å². The van der Waals surface area contributed by atoms with Crippen LogP contribution in [-0.2, 0) is 14.4 Å². The highest BCUT2D eigenvalue weighted by Gasteiger charge is 2.44. The van der Waals surface area contributed by atoms with Crippen molar-refractivity contribution in [2.75, 3.05) is 13.1 Å². The molecular formula is C14H20N2O4. The predicted octanol–water partition coefficient (Wildman–Crippen LogP) is 0.377. The third-order valence-electron chi connectivity index (χ3n) is 4.45. The molecule has 2 amide bonds. The van der Waals surface area contributed by atoms with Crippen LogP contribution in [0.1, 0.15) is 26.2 Å². The van der Waals surface area contributed by atoms with Gasteiger partial charge >= 0.3 is 5.97 Å². The Balaban J connectivity index is 2.10. The minimum absolute atomic E-state index is 0.174. The van der Waals surface area contributed by atoms with E-state index in [-0.39, 0.29) is 12.5 Å². The molecule has 2 rings (SSSR count). The van der Waals surface area contributed by atoms with Crippen LogP contribution >= 0.6 is 0 Å². The summed E-state index contributed by atoms with van der Waals surface area (Å²) in [7, 11) is 0. The summed E-state index contributed by atoms with van der Waals surface area (Å²) in [6.07, 6.45) is 5.02. The SMILES string of the molecule is CC1(C(N)=O)CCN(C(=O)[C@@H]2CC=CC[C@@H]2C(=O)O)C1. The van der Waals surface area contributed by atoms with Crippen LogP contribution in [0.15, 0.2) is 12.2 Å². The van der Waals surface area contributed by atoms with Gasteiger partial charge < -0.3 is 15.7 Å². The Bertz CT molecular complexity index is 474. The van der Waals surface area contributed by atoms with Crippen LogP contribution in [0.4, 0.5) is 0 Å². The Morgan fingerprint density at radius 3 is 2.35 bits per heavy atom. The van der Waals surface area contributed by atoms with Crippen LogP contribution in [-0.4, -0.2) is 40.9 Å². The number of hydrogen-bond donors (Lipinski definition) is 2. The highest BCUT2D eigenvalue weighted by Crippen LogP contribution is 2.34. The number of rotatable bonds is 3. The number of amides is 2. The van der Waals surface area contributed by atoms with E-state index in [2.05, 4.69) is 0 Å². The molecular weight excluding hydrogens is 260 g/mol. The quantitative estimate of drug-likeness (QED) is 0.730. The average Bonchev–Trinajstić information content (AvgIpc) is 2.82. The van der Waals surface area contributed by atoms with Gasteiger partial charge in [-0.3, -0.25) is 14.4 Å². The van der Waals surface area contributed by atoms with Crippen molar-refractivity contribution >= 4 is 17.8 Å². The zero-order valence-corrected chi connectivity index (χ0v) is 11.5. The normalized spacial score (nSPS) is 33.1. The molecule has 0 aromatic carbocycles. The van der Waals surface area contributed by atoms with E-state index in [4.69, 9.17) is 5.73 Å². The number of primary amides is 1. The van der Waals surface area contributed by atoms with Gasteiger partial charge in [0.25, 0.3) is 0 Å². The van der Waals surface area contributed by atoms with Gasteiger partial charge in [0, 0.05) is 13.1 Å². The highest BCUT2D eigenvalue weighted by molar-refractivity contribution is 5.87. The number of nitrogens with zero attached hydrogens (tertiary/aromatic N) is 1. The molecule has 3 N–H and O–H groups in total. The lowest BCUT2D eigenvalue weighted by atomic mass is 9.82. The van der Waals surface area contributed by atoms with Gasteiger partial charge in [0.15, 0.2) is 0 Å². The first kappa shape index (κ1) is 14.6. The molecule has 0 radical (unpaired) electrons. The van der Waals surface area contributed by atoms with E-state index in [1.165, 1.54) is 0 Å². The second kappa shape index (κ2) is 5.26. The zero-order chi connectivity index (χ0) is 14.9. The molecule has 0 spiro atoms. The first-order valence-electron chi connectivity index (χ1n) is 6.81. The van der Waals surface area contributed by atoms with E-state index in [1.807, 2.05) is 6.08 Å². The second-order valence-electron chi connectivity index (χ2n) is 5.93. The summed E-state index contributed by atoms with van der Waals surface area (Å²) >= 11 is 0. The van der Waals surface area contributed by atoms with Gasteiger partial charge in [0.05, 0.1) is 17.3 Å². The maximum atomic E-state index is 12.5. The number of carboxylic acids is 1. The lowest BCUT2D eigenvalue weighted by Gasteiger charge is -2.29. The van der Waals surface area contributed by atoms with Crippen molar-refractivity contribution in [2.45, 2.75) is 26.2 Å². The maximum Gasteiger partial charge on any atom is 0.307 e. The number of aliphatic carboxylic acids is 1. The number of hydrogen-bond acceptors (Lipinski definition) is 3. The molecule has 0 aromatic heterocycles. The fourth-order valence-corrected chi connectivity index (χ4v) is 2.94. The molecule has 1 heterocycles. The van der Waals surface area contributed by atoms with E-state index in [0.29, 0.717) is 25.8 Å². The summed E-state index contributed by atoms with van der Waals surface area (Å²) in [4.78, 5) is 36.8. The van der Waals surface area contributed by atoms with E-state index in [1.54, 1.807) is 17.9 Å². The third-order valence-corrected chi connectivity index (χ3v) is 4.45. The molecule has 3 atom stereocenters. The van der Waals surface area contributed by atoms with Crippen molar-refractivity contribution in [2.24, 2.45) is 23.0 Å². The fourth-order valence-electron chi connectivity index (χ4n) is 2.94. The number of likely N-dealkylation sites (tertiary alicyclic amines) is 1. The molecule has 1 unspecified atom stereocenters. The van der Waals surface area contributed by atoms with Crippen molar-refractivity contribution in [3.8, 4) is 0 Å². The molecule has 1 saturated heterocycles. The van der Waals surface area contributed by atoms with Crippen molar-refractivity contribution in [3.63, 3.8) is 0 Å². The van der Waals surface area contributed by atoms with Gasteiger partial charge in [0.1, 0.15) is 0 Å². The molecule has 2 aliphatic rings. The number of carbonyl (C=O) groups is 3. The Morgan fingerprint density at radius 2 is 1.85 bits per heavy atom. The first-order chi connectivity index (χ1) is 9.35. The van der Waals surface area contributed by atoms with Crippen LogP contribution in [0, 0.1) is 17.3 Å². The van der Waals surface area contributed by atoms with E-state index >= 15 is 0 Å². The fraction of sp³-hybridized carbons (Fsp3) is 0.643. The van der Waals surface area contributed by atoms with Gasteiger partial charge in [0.2, 0.25) is 11.8 Å². The Kier molecular flexibility index (Phi) is 3.83. The summed E-state index contributed by atoms with van der Waals surface area (Å²) in [6.45, 7) is 2.50. The topological polar surface area (TPSA) is 101 Å². The molecule has 6 nitrogen and oxygen atoms in total. The molecule has 6 heteroatoms. The van der Waals surface area contributed by atoms with Gasteiger partial charge in [-0.1, -0.05) is 12.2 Å². The summed E-state index contributed by atoms with van der Waals surface area (Å²) in [5.74, 6) is -2.73. The van der Waals surface area contributed by atoms with E-state index in [9.17, 15) is 19.5 Å². The minimum Gasteiger partial charge on any atom is -0.481 e. The number of allylic oxidation sites excluding steroid dienone is 2. The second-order valence-corrected chi connectivity index (χ2v) is 5.93. The molecule has 0 saturated carbocycles. The molecule has 110 valence electrons. The van der Waals surface area contributed by atoms with Crippen molar-refractivity contribution in [1.82, 2.24) is 4.90 Å². The molecule has 20 heavy (non-hydrogen) atoms. The Hall–Kier alpha value is -1.85. The number of carbonyl (C=O) groups excluding carboxylic acids is 2. The minimum atomic E-state index is -0.940. The van der Waals surface area contributed by atoms with Crippen LogP contribution in [0.5, 0.6) is 0 Å². The van der Waals surface area contributed by atoms with Gasteiger partial charge in [-0.2, -0.15) is 0 Å². The molecule has 1 fully saturated rings. The zero-order valence-electron chi connectivity index (χ0n) is 11.5. The largest absolute Gasteiger partial charge is 0.481 e. The van der Waals surface area contributed by atoms with E-state index in [0.717, 1.165) is 0 Å². The summed E-state index contributed by atoms with van der Waals surface area (Å²) in [6, 6.07) is 0. The Labute approximate surface area is 117 Å². The Morgan fingerprint density at radius 1 is 1.25 bits per heavy atom. The predicted molar refractivity (Wildman–Crippen MR) is 71.5 cm³/mol. The van der Waals surface area contributed by atoms with Crippen LogP contribution in [0.2, 0.25) is 0 Å². The van der Waals surface area contributed by atoms with Gasteiger partial charge in [-0.15, -0.1) is 0 Å². The van der Waals surface area contributed by atoms with Crippen molar-refractivity contribution in [3.05, 3.63) is 12.2 Å². The molecule has 1 aliphatic heterocycles. The number of carboxylic acid groups (broad SMARTS) is 1. The van der Waals surface area contributed by atoms with Crippen LogP contribution in [0.25, 0.3) is 0 Å². The molecule has 0 bridgehead atoms. The third kappa shape index (κ3) is 2.55. The summed E-state index contributed by atoms with van der Waals surface area (Å²) in [5, 5.41) is 9.21. The van der Waals surface area contributed by atoms with Gasteiger partial charge in [-0.25, -0.2) is 0 Å².